The van der Waals surface area contributed by atoms with Gasteiger partial charge in [-0.3, -0.25) is 0 Å². The number of aromatic nitrogens is 1. The van der Waals surface area contributed by atoms with E-state index in [9.17, 15) is 0 Å². The molecule has 0 aliphatic carbocycles. The van der Waals surface area contributed by atoms with Gasteiger partial charge < -0.3 is 14.8 Å². The largest absolute Gasteiger partial charge is 0.494 e. The fourth-order valence-corrected chi connectivity index (χ4v) is 1.84. The molecule has 4 heteroatoms. The molecular formula is C17H22N2O2. The zero-order valence-electron chi connectivity index (χ0n) is 12.8. The summed E-state index contributed by atoms with van der Waals surface area (Å²) in [5.74, 6) is 2.11. The van der Waals surface area contributed by atoms with E-state index in [1.807, 2.05) is 49.4 Å². The van der Waals surface area contributed by atoms with E-state index in [0.717, 1.165) is 23.7 Å². The maximum atomic E-state index is 5.79. The first-order valence-corrected chi connectivity index (χ1v) is 7.27. The highest BCUT2D eigenvalue weighted by molar-refractivity contribution is 5.35. The third kappa shape index (κ3) is 5.08. The molecule has 1 aromatic heterocycles. The third-order valence-corrected chi connectivity index (χ3v) is 2.81. The lowest BCUT2D eigenvalue weighted by atomic mass is 10.3. The van der Waals surface area contributed by atoms with Gasteiger partial charge in [-0.25, -0.2) is 4.98 Å². The molecule has 0 aliphatic rings. The van der Waals surface area contributed by atoms with E-state index in [1.54, 1.807) is 0 Å². The van der Waals surface area contributed by atoms with Crippen LogP contribution in [0.2, 0.25) is 0 Å². The summed E-state index contributed by atoms with van der Waals surface area (Å²) in [6, 6.07) is 13.8. The lowest BCUT2D eigenvalue weighted by Crippen LogP contribution is -2.22. The molecule has 0 fully saturated rings. The van der Waals surface area contributed by atoms with Gasteiger partial charge in [-0.05, 0) is 25.1 Å². The van der Waals surface area contributed by atoms with Gasteiger partial charge in [-0.15, -0.1) is 0 Å². The van der Waals surface area contributed by atoms with Crippen molar-refractivity contribution in [1.29, 1.82) is 0 Å². The van der Waals surface area contributed by atoms with Crippen molar-refractivity contribution in [2.75, 3.05) is 6.61 Å². The van der Waals surface area contributed by atoms with Crippen LogP contribution >= 0.6 is 0 Å². The molecule has 0 spiro atoms. The zero-order chi connectivity index (χ0) is 15.1. The number of hydrogen-bond acceptors (Lipinski definition) is 4. The van der Waals surface area contributed by atoms with Crippen molar-refractivity contribution < 1.29 is 9.47 Å². The van der Waals surface area contributed by atoms with Gasteiger partial charge in [-0.2, -0.15) is 0 Å². The highest BCUT2D eigenvalue weighted by atomic mass is 16.5. The van der Waals surface area contributed by atoms with Crippen LogP contribution in [0, 0.1) is 0 Å². The molecular weight excluding hydrogens is 264 g/mol. The van der Waals surface area contributed by atoms with Crippen molar-refractivity contribution in [1.82, 2.24) is 10.3 Å². The molecule has 2 rings (SSSR count). The van der Waals surface area contributed by atoms with Crippen LogP contribution in [0.1, 0.15) is 26.5 Å². The Hall–Kier alpha value is -2.07. The number of benzene rings is 1. The lowest BCUT2D eigenvalue weighted by Gasteiger charge is -2.10. The normalized spacial score (nSPS) is 10.7. The van der Waals surface area contributed by atoms with Gasteiger partial charge in [0.05, 0.1) is 12.3 Å². The molecule has 0 atom stereocenters. The van der Waals surface area contributed by atoms with Crippen LogP contribution < -0.4 is 14.8 Å². The molecule has 0 saturated heterocycles. The van der Waals surface area contributed by atoms with Gasteiger partial charge in [-0.1, -0.05) is 26.0 Å². The predicted molar refractivity (Wildman–Crippen MR) is 83.9 cm³/mol. The summed E-state index contributed by atoms with van der Waals surface area (Å²) in [7, 11) is 0. The maximum Gasteiger partial charge on any atom is 0.219 e. The molecule has 0 aliphatic heterocycles. The molecule has 0 unspecified atom stereocenters. The minimum Gasteiger partial charge on any atom is -0.494 e. The Bertz CT molecular complexity index is 570. The van der Waals surface area contributed by atoms with Crippen molar-refractivity contribution in [3.8, 4) is 17.4 Å². The van der Waals surface area contributed by atoms with Crippen molar-refractivity contribution in [2.24, 2.45) is 0 Å². The summed E-state index contributed by atoms with van der Waals surface area (Å²) < 4.78 is 11.3. The number of nitrogens with one attached hydrogen (secondary N) is 1. The van der Waals surface area contributed by atoms with E-state index in [-0.39, 0.29) is 0 Å². The van der Waals surface area contributed by atoms with E-state index in [0.29, 0.717) is 18.5 Å². The smallest absolute Gasteiger partial charge is 0.219 e. The Kier molecular flexibility index (Phi) is 5.58. The van der Waals surface area contributed by atoms with E-state index >= 15 is 0 Å². The third-order valence-electron chi connectivity index (χ3n) is 2.81. The molecule has 112 valence electrons. The van der Waals surface area contributed by atoms with Gasteiger partial charge in [0.1, 0.15) is 11.5 Å². The molecule has 0 bridgehead atoms. The average Bonchev–Trinajstić information content (AvgIpc) is 2.46. The number of hydrogen-bond donors (Lipinski definition) is 1. The topological polar surface area (TPSA) is 43.4 Å². The highest BCUT2D eigenvalue weighted by Gasteiger charge is 2.03. The summed E-state index contributed by atoms with van der Waals surface area (Å²) >= 11 is 0. The molecule has 1 aromatic carbocycles. The van der Waals surface area contributed by atoms with Gasteiger partial charge >= 0.3 is 0 Å². The first-order valence-electron chi connectivity index (χ1n) is 7.27. The lowest BCUT2D eigenvalue weighted by molar-refractivity contribution is 0.338. The first-order chi connectivity index (χ1) is 10.2. The van der Waals surface area contributed by atoms with E-state index < -0.39 is 0 Å². The van der Waals surface area contributed by atoms with Crippen LogP contribution in [0.3, 0.4) is 0 Å². The van der Waals surface area contributed by atoms with Gasteiger partial charge in [0.25, 0.3) is 0 Å². The average molecular weight is 286 g/mol. The van der Waals surface area contributed by atoms with Crippen LogP contribution in [0.5, 0.6) is 17.4 Å². The Balaban J connectivity index is 2.05. The van der Waals surface area contributed by atoms with Crippen LogP contribution in [0.15, 0.2) is 42.5 Å². The number of ether oxygens (including phenoxy) is 2. The molecule has 4 nitrogen and oxygen atoms in total. The second kappa shape index (κ2) is 7.64. The monoisotopic (exact) mass is 286 g/mol. The van der Waals surface area contributed by atoms with Gasteiger partial charge in [0.2, 0.25) is 5.88 Å². The fraction of sp³-hybridized carbons (Fsp3) is 0.353. The first kappa shape index (κ1) is 15.3. The number of rotatable bonds is 7. The van der Waals surface area contributed by atoms with E-state index in [4.69, 9.17) is 9.47 Å². The second-order valence-electron chi connectivity index (χ2n) is 5.01. The molecule has 1 N–H and O–H groups in total. The molecule has 1 heterocycles. The Morgan fingerprint density at radius 1 is 1.10 bits per heavy atom. The van der Waals surface area contributed by atoms with Crippen molar-refractivity contribution in [3.63, 3.8) is 0 Å². The Morgan fingerprint density at radius 3 is 2.62 bits per heavy atom. The van der Waals surface area contributed by atoms with Crippen LogP contribution in [-0.4, -0.2) is 17.6 Å². The Labute approximate surface area is 126 Å². The summed E-state index contributed by atoms with van der Waals surface area (Å²) in [5, 5.41) is 3.34. The van der Waals surface area contributed by atoms with Gasteiger partial charge in [0.15, 0.2) is 0 Å². The van der Waals surface area contributed by atoms with Crippen LogP contribution in [0.4, 0.5) is 0 Å². The second-order valence-corrected chi connectivity index (χ2v) is 5.01. The molecule has 2 aromatic rings. The minimum atomic E-state index is 0.430. The van der Waals surface area contributed by atoms with Crippen molar-refractivity contribution in [2.45, 2.75) is 33.4 Å². The van der Waals surface area contributed by atoms with E-state index in [1.165, 1.54) is 0 Å². The number of pyridine rings is 1. The number of nitrogens with zero attached hydrogens (tertiary/aromatic N) is 1. The SMILES string of the molecule is CCOc1cccc(Oc2cccc(CNC(C)C)n2)c1. The summed E-state index contributed by atoms with van der Waals surface area (Å²) in [4.78, 5) is 4.49. The predicted octanol–water partition coefficient (Wildman–Crippen LogP) is 3.77. The van der Waals surface area contributed by atoms with E-state index in [2.05, 4.69) is 24.1 Å². The highest BCUT2D eigenvalue weighted by Crippen LogP contribution is 2.24. The zero-order valence-corrected chi connectivity index (χ0v) is 12.8. The fourth-order valence-electron chi connectivity index (χ4n) is 1.84. The van der Waals surface area contributed by atoms with Gasteiger partial charge in [0, 0.05) is 24.7 Å². The summed E-state index contributed by atoms with van der Waals surface area (Å²) in [5.41, 5.74) is 0.960. The van der Waals surface area contributed by atoms with Crippen molar-refractivity contribution >= 4 is 0 Å². The van der Waals surface area contributed by atoms with Crippen LogP contribution in [-0.2, 0) is 6.54 Å². The molecule has 0 amide bonds. The minimum absolute atomic E-state index is 0.430. The Morgan fingerprint density at radius 2 is 1.86 bits per heavy atom. The molecule has 0 radical (unpaired) electrons. The molecule has 21 heavy (non-hydrogen) atoms. The molecule has 0 saturated carbocycles. The summed E-state index contributed by atoms with van der Waals surface area (Å²) in [6.07, 6.45) is 0. The standard InChI is InChI=1S/C17H22N2O2/c1-4-20-15-8-6-9-16(11-15)21-17-10-5-7-14(19-17)12-18-13(2)3/h5-11,13,18H,4,12H2,1-3H3. The summed E-state index contributed by atoms with van der Waals surface area (Å²) in [6.45, 7) is 7.55. The van der Waals surface area contributed by atoms with Crippen LogP contribution in [0.25, 0.3) is 0 Å². The maximum absolute atomic E-state index is 5.79. The van der Waals surface area contributed by atoms with Crippen molar-refractivity contribution in [3.05, 3.63) is 48.2 Å². The quantitative estimate of drug-likeness (QED) is 0.841.